The van der Waals surface area contributed by atoms with Gasteiger partial charge >= 0.3 is 29.9 Å². The Morgan fingerprint density at radius 3 is 2.00 bits per heavy atom. The minimum Gasteiger partial charge on any atom is -0.462 e. The summed E-state index contributed by atoms with van der Waals surface area (Å²) in [4.78, 5) is 34.7. The fraction of sp³-hybridized carbons (Fsp3) is 0.500. The maximum Gasteiger partial charge on any atom is 0.460 e. The molecule has 0 fully saturated rings. The van der Waals surface area contributed by atoms with Gasteiger partial charge < -0.3 is 10.1 Å². The van der Waals surface area contributed by atoms with Gasteiger partial charge in [0.2, 0.25) is 0 Å². The Balaban J connectivity index is 3.39. The average Bonchev–Trinajstić information content (AvgIpc) is 2.82. The number of ketones is 1. The van der Waals surface area contributed by atoms with Crippen LogP contribution in [0.4, 0.5) is 35.7 Å². The lowest BCUT2D eigenvalue weighted by Gasteiger charge is -2.26. The number of nitrogens with one attached hydrogen (secondary N) is 1. The summed E-state index contributed by atoms with van der Waals surface area (Å²) in [6.07, 6.45) is -6.70. The van der Waals surface area contributed by atoms with Gasteiger partial charge in [0.05, 0.1) is 17.0 Å². The maximum absolute atomic E-state index is 13.5. The Kier molecular flexibility index (Phi) is 6.30. The summed E-state index contributed by atoms with van der Waals surface area (Å²) in [5.74, 6) is -17.7. The van der Waals surface area contributed by atoms with Gasteiger partial charge in [0.25, 0.3) is 0 Å². The lowest BCUT2D eigenvalue weighted by atomic mass is 10.1. The Morgan fingerprint density at radius 2 is 1.59 bits per heavy atom. The molecule has 0 radical (unpaired) electrons. The fourth-order valence-electron chi connectivity index (χ4n) is 1.89. The smallest absolute Gasteiger partial charge is 0.460 e. The highest BCUT2D eigenvalue weighted by molar-refractivity contribution is 7.18. The van der Waals surface area contributed by atoms with Crippen LogP contribution < -0.4 is 5.32 Å². The van der Waals surface area contributed by atoms with Crippen LogP contribution in [0.5, 0.6) is 0 Å². The van der Waals surface area contributed by atoms with Crippen LogP contribution in [0.15, 0.2) is 0 Å². The van der Waals surface area contributed by atoms with E-state index < -0.39 is 46.2 Å². The molecule has 0 aliphatic carbocycles. The summed E-state index contributed by atoms with van der Waals surface area (Å²) in [6.45, 7) is 3.41. The second-order valence-electron chi connectivity index (χ2n) is 5.14. The minimum atomic E-state index is -6.70. The predicted octanol–water partition coefficient (Wildman–Crippen LogP) is 4.21. The van der Waals surface area contributed by atoms with Gasteiger partial charge in [0, 0.05) is 0 Å². The lowest BCUT2D eigenvalue weighted by molar-refractivity contribution is -0.343. The molecule has 1 heterocycles. The third-order valence-electron chi connectivity index (χ3n) is 3.21. The summed E-state index contributed by atoms with van der Waals surface area (Å²) in [5, 5.41) is 0.374. The molecule has 0 saturated heterocycles. The molecule has 1 aromatic heterocycles. The van der Waals surface area contributed by atoms with E-state index in [0.29, 0.717) is 0 Å². The fourth-order valence-corrected chi connectivity index (χ4v) is 2.97. The van der Waals surface area contributed by atoms with E-state index in [1.807, 2.05) is 0 Å². The number of halogens is 7. The first-order chi connectivity index (χ1) is 12.1. The van der Waals surface area contributed by atoms with Crippen LogP contribution in [0.25, 0.3) is 0 Å². The number of carbonyl (C=O) groups is 3. The summed E-state index contributed by atoms with van der Waals surface area (Å²) in [6, 6.07) is 0. The molecule has 0 atom stereocenters. The number of alkyl halides is 7. The molecule has 0 aromatic carbocycles. The van der Waals surface area contributed by atoms with Crippen molar-refractivity contribution in [2.75, 3.05) is 11.9 Å². The molecular formula is C14H12F7NO4S. The van der Waals surface area contributed by atoms with Gasteiger partial charge in [-0.05, 0) is 26.3 Å². The first-order valence-corrected chi connectivity index (χ1v) is 7.86. The summed E-state index contributed by atoms with van der Waals surface area (Å²) < 4.78 is 94.1. The molecule has 0 bridgehead atoms. The third-order valence-corrected chi connectivity index (χ3v) is 4.52. The van der Waals surface area contributed by atoms with Crippen molar-refractivity contribution in [3.63, 3.8) is 0 Å². The third kappa shape index (κ3) is 4.06. The Morgan fingerprint density at radius 1 is 1.07 bits per heavy atom. The minimum absolute atomic E-state index is 0.104. The predicted molar refractivity (Wildman–Crippen MR) is 79.6 cm³/mol. The molecule has 0 saturated carbocycles. The molecule has 152 valence electrons. The summed E-state index contributed by atoms with van der Waals surface area (Å²) in [7, 11) is 0. The number of hydrogen-bond donors (Lipinski definition) is 1. The van der Waals surface area contributed by atoms with Crippen LogP contribution >= 0.6 is 11.3 Å². The molecule has 0 spiro atoms. The molecular weight excluding hydrogens is 411 g/mol. The molecule has 1 amide bonds. The van der Waals surface area contributed by atoms with E-state index in [9.17, 15) is 45.1 Å². The Labute approximate surface area is 151 Å². The molecule has 27 heavy (non-hydrogen) atoms. The number of ether oxygens (including phenoxy) is 1. The molecule has 1 N–H and O–H groups in total. The van der Waals surface area contributed by atoms with E-state index >= 15 is 0 Å². The van der Waals surface area contributed by atoms with Crippen molar-refractivity contribution >= 4 is 34.0 Å². The number of Topliss-reactive ketones (excluding diaryl/α,β-unsaturated/α-hetero) is 1. The number of carbonyl (C=O) groups excluding carboxylic acids is 3. The second kappa shape index (κ2) is 7.44. The average molecular weight is 423 g/mol. The number of hydrogen-bond acceptors (Lipinski definition) is 5. The van der Waals surface area contributed by atoms with Crippen molar-refractivity contribution in [2.24, 2.45) is 0 Å². The lowest BCUT2D eigenvalue weighted by Crippen LogP contribution is -2.57. The molecule has 0 aliphatic rings. The number of amides is 1. The molecule has 13 heteroatoms. The van der Waals surface area contributed by atoms with Gasteiger partial charge in [-0.1, -0.05) is 0 Å². The zero-order valence-electron chi connectivity index (χ0n) is 13.9. The number of thiophene rings is 1. The SMILES string of the molecule is CCOC(=O)c1c(NC(=O)C(F)(F)C(F)(F)C(F)(F)F)sc(C(C)=O)c1C. The van der Waals surface area contributed by atoms with Crippen molar-refractivity contribution in [2.45, 2.75) is 38.8 Å². The summed E-state index contributed by atoms with van der Waals surface area (Å²) >= 11 is 0.269. The van der Waals surface area contributed by atoms with Gasteiger partial charge in [-0.2, -0.15) is 30.7 Å². The van der Waals surface area contributed by atoms with Crippen molar-refractivity contribution in [3.8, 4) is 0 Å². The molecule has 1 aromatic rings. The molecule has 0 unspecified atom stereocenters. The van der Waals surface area contributed by atoms with Gasteiger partial charge in [-0.25, -0.2) is 4.79 Å². The highest BCUT2D eigenvalue weighted by Crippen LogP contribution is 2.47. The summed E-state index contributed by atoms with van der Waals surface area (Å²) in [5.41, 5.74) is -0.696. The number of rotatable bonds is 6. The van der Waals surface area contributed by atoms with Gasteiger partial charge in [0.15, 0.2) is 5.78 Å². The quantitative estimate of drug-likeness (QED) is 0.423. The molecule has 0 aliphatic heterocycles. The van der Waals surface area contributed by atoms with E-state index in [0.717, 1.165) is 6.92 Å². The Hall–Kier alpha value is -2.18. The van der Waals surface area contributed by atoms with E-state index in [2.05, 4.69) is 4.74 Å². The first-order valence-electron chi connectivity index (χ1n) is 7.04. The molecule has 1 rings (SSSR count). The van der Waals surface area contributed by atoms with Crippen LogP contribution in [0.3, 0.4) is 0 Å². The zero-order chi connectivity index (χ0) is 21.4. The highest BCUT2D eigenvalue weighted by Gasteiger charge is 2.76. The van der Waals surface area contributed by atoms with Gasteiger partial charge in [-0.15, -0.1) is 11.3 Å². The largest absolute Gasteiger partial charge is 0.462 e. The first kappa shape index (κ1) is 22.9. The standard InChI is InChI=1S/C14H12F7NO4S/c1-4-26-10(24)7-5(2)8(6(3)23)27-9(7)22-11(25)12(15,16)13(17,18)14(19,20)21/h4H2,1-3H3,(H,22,25). The topological polar surface area (TPSA) is 72.5 Å². The van der Waals surface area contributed by atoms with Crippen LogP contribution in [0, 0.1) is 6.92 Å². The van der Waals surface area contributed by atoms with Gasteiger partial charge in [-0.3, -0.25) is 9.59 Å². The van der Waals surface area contributed by atoms with Crippen LogP contribution in [-0.2, 0) is 9.53 Å². The second-order valence-corrected chi connectivity index (χ2v) is 6.16. The van der Waals surface area contributed by atoms with Crippen molar-refractivity contribution < 1.29 is 49.9 Å². The van der Waals surface area contributed by atoms with Crippen LogP contribution in [0.2, 0.25) is 0 Å². The maximum atomic E-state index is 13.5. The van der Waals surface area contributed by atoms with Gasteiger partial charge in [0.1, 0.15) is 5.00 Å². The monoisotopic (exact) mass is 423 g/mol. The van der Waals surface area contributed by atoms with Crippen molar-refractivity contribution in [3.05, 3.63) is 16.0 Å². The van der Waals surface area contributed by atoms with Crippen molar-refractivity contribution in [1.29, 1.82) is 0 Å². The van der Waals surface area contributed by atoms with E-state index in [1.165, 1.54) is 19.2 Å². The Bertz CT molecular complexity index is 770. The van der Waals surface area contributed by atoms with E-state index in [-0.39, 0.29) is 28.4 Å². The van der Waals surface area contributed by atoms with Crippen molar-refractivity contribution in [1.82, 2.24) is 0 Å². The van der Waals surface area contributed by atoms with Crippen LogP contribution in [-0.4, -0.2) is 42.3 Å². The molecule has 5 nitrogen and oxygen atoms in total. The van der Waals surface area contributed by atoms with E-state index in [4.69, 9.17) is 0 Å². The highest BCUT2D eigenvalue weighted by atomic mass is 32.1. The van der Waals surface area contributed by atoms with Crippen LogP contribution in [0.1, 0.15) is 39.4 Å². The number of esters is 1. The number of anilines is 1. The normalized spacial score (nSPS) is 12.7. The van der Waals surface area contributed by atoms with E-state index in [1.54, 1.807) is 0 Å². The zero-order valence-corrected chi connectivity index (χ0v) is 14.7.